The van der Waals surface area contributed by atoms with Crippen LogP contribution in [-0.2, 0) is 9.47 Å². The topological polar surface area (TPSA) is 93.5 Å². The van der Waals surface area contributed by atoms with Gasteiger partial charge in [-0.05, 0) is 12.8 Å². The van der Waals surface area contributed by atoms with Crippen molar-refractivity contribution in [2.75, 3.05) is 13.2 Å². The standard InChI is InChI=1S/C12H16N2O5/c15-7-8-6-12(3-1-5-18-12)10(19-8)14-4-2-9(16)13-11(14)17/h2,4,8,10,15H,1,3,5-7H2,(H,13,16,17)/t8?,10?,12-/m0/s1. The van der Waals surface area contributed by atoms with Gasteiger partial charge >= 0.3 is 5.69 Å². The van der Waals surface area contributed by atoms with E-state index < -0.39 is 23.1 Å². The fraction of sp³-hybridized carbons (Fsp3) is 0.667. The molecule has 2 saturated heterocycles. The molecule has 0 aliphatic carbocycles. The molecule has 2 unspecified atom stereocenters. The zero-order valence-corrected chi connectivity index (χ0v) is 10.4. The van der Waals surface area contributed by atoms with Crippen LogP contribution in [0.4, 0.5) is 0 Å². The van der Waals surface area contributed by atoms with Gasteiger partial charge in [-0.15, -0.1) is 0 Å². The SMILES string of the molecule is O=c1ccn(C2OC(CO)C[C@@]23CCCO3)c(=O)[nH]1. The minimum absolute atomic E-state index is 0.111. The molecular weight excluding hydrogens is 252 g/mol. The van der Waals surface area contributed by atoms with Gasteiger partial charge in [-0.25, -0.2) is 4.79 Å². The molecule has 0 aromatic carbocycles. The van der Waals surface area contributed by atoms with Gasteiger partial charge in [0.2, 0.25) is 0 Å². The van der Waals surface area contributed by atoms with Crippen LogP contribution in [0.15, 0.2) is 21.9 Å². The Balaban J connectivity index is 2.01. The number of nitrogens with one attached hydrogen (secondary N) is 1. The minimum Gasteiger partial charge on any atom is -0.394 e. The molecule has 3 heterocycles. The number of hydrogen-bond donors (Lipinski definition) is 2. The molecule has 104 valence electrons. The van der Waals surface area contributed by atoms with Crippen molar-refractivity contribution >= 4 is 0 Å². The second-order valence-electron chi connectivity index (χ2n) is 5.03. The van der Waals surface area contributed by atoms with E-state index >= 15 is 0 Å². The molecule has 19 heavy (non-hydrogen) atoms. The highest BCUT2D eigenvalue weighted by Gasteiger charge is 2.52. The van der Waals surface area contributed by atoms with Crippen LogP contribution in [0, 0.1) is 0 Å². The molecule has 1 aromatic rings. The van der Waals surface area contributed by atoms with E-state index in [9.17, 15) is 14.7 Å². The normalized spacial score (nSPS) is 34.2. The van der Waals surface area contributed by atoms with Gasteiger partial charge in [0.15, 0.2) is 6.23 Å². The summed E-state index contributed by atoms with van der Waals surface area (Å²) in [5.41, 5.74) is -1.54. The third-order valence-electron chi connectivity index (χ3n) is 3.79. The number of aliphatic hydroxyl groups excluding tert-OH is 1. The number of aromatic nitrogens is 2. The maximum atomic E-state index is 11.9. The number of H-pyrrole nitrogens is 1. The molecule has 1 aromatic heterocycles. The van der Waals surface area contributed by atoms with Crippen molar-refractivity contribution in [1.82, 2.24) is 9.55 Å². The van der Waals surface area contributed by atoms with Gasteiger partial charge in [0.1, 0.15) is 5.60 Å². The van der Waals surface area contributed by atoms with E-state index in [1.165, 1.54) is 16.8 Å². The van der Waals surface area contributed by atoms with Crippen LogP contribution < -0.4 is 11.2 Å². The highest BCUT2D eigenvalue weighted by atomic mass is 16.6. The predicted octanol–water partition coefficient (Wildman–Crippen LogP) is -0.634. The summed E-state index contributed by atoms with van der Waals surface area (Å²) in [4.78, 5) is 25.2. The lowest BCUT2D eigenvalue weighted by Crippen LogP contribution is -2.41. The quantitative estimate of drug-likeness (QED) is 0.744. The third-order valence-corrected chi connectivity index (χ3v) is 3.79. The molecule has 0 amide bonds. The van der Waals surface area contributed by atoms with Crippen molar-refractivity contribution in [2.45, 2.75) is 37.2 Å². The van der Waals surface area contributed by atoms with Gasteiger partial charge in [-0.2, -0.15) is 0 Å². The Labute approximate surface area is 108 Å². The number of aliphatic hydroxyl groups is 1. The lowest BCUT2D eigenvalue weighted by molar-refractivity contribution is -0.107. The van der Waals surface area contributed by atoms with Crippen molar-refractivity contribution in [3.8, 4) is 0 Å². The van der Waals surface area contributed by atoms with Gasteiger partial charge in [-0.1, -0.05) is 0 Å². The number of rotatable bonds is 2. The first kappa shape index (κ1) is 12.6. The molecule has 7 heteroatoms. The Morgan fingerprint density at radius 1 is 1.53 bits per heavy atom. The molecule has 2 aliphatic rings. The Morgan fingerprint density at radius 3 is 3.00 bits per heavy atom. The predicted molar refractivity (Wildman–Crippen MR) is 64.9 cm³/mol. The average Bonchev–Trinajstić information content (AvgIpc) is 2.98. The molecule has 0 bridgehead atoms. The smallest absolute Gasteiger partial charge is 0.330 e. The molecule has 2 aliphatic heterocycles. The lowest BCUT2D eigenvalue weighted by Gasteiger charge is -2.29. The monoisotopic (exact) mass is 268 g/mol. The highest BCUT2D eigenvalue weighted by molar-refractivity contribution is 5.00. The van der Waals surface area contributed by atoms with Crippen LogP contribution in [0.5, 0.6) is 0 Å². The van der Waals surface area contributed by atoms with E-state index in [1.807, 2.05) is 0 Å². The van der Waals surface area contributed by atoms with Crippen molar-refractivity contribution in [1.29, 1.82) is 0 Å². The second-order valence-corrected chi connectivity index (χ2v) is 5.03. The average molecular weight is 268 g/mol. The van der Waals surface area contributed by atoms with E-state index in [2.05, 4.69) is 4.98 Å². The molecule has 0 saturated carbocycles. The van der Waals surface area contributed by atoms with Crippen LogP contribution >= 0.6 is 0 Å². The van der Waals surface area contributed by atoms with Gasteiger partial charge < -0.3 is 14.6 Å². The second kappa shape index (κ2) is 4.59. The van der Waals surface area contributed by atoms with Crippen LogP contribution in [0.1, 0.15) is 25.5 Å². The fourth-order valence-corrected chi connectivity index (χ4v) is 2.95. The van der Waals surface area contributed by atoms with E-state index in [0.717, 1.165) is 12.8 Å². The van der Waals surface area contributed by atoms with Gasteiger partial charge in [0, 0.05) is 25.3 Å². The summed E-state index contributed by atoms with van der Waals surface area (Å²) in [6.45, 7) is 0.510. The zero-order chi connectivity index (χ0) is 13.5. The number of ether oxygens (including phenoxy) is 2. The molecule has 7 nitrogen and oxygen atoms in total. The number of nitrogens with zero attached hydrogens (tertiary/aromatic N) is 1. The van der Waals surface area contributed by atoms with Gasteiger partial charge in [0.05, 0.1) is 12.7 Å². The zero-order valence-electron chi connectivity index (χ0n) is 10.4. The number of aromatic amines is 1. The summed E-state index contributed by atoms with van der Waals surface area (Å²) in [5.74, 6) is 0. The first-order chi connectivity index (χ1) is 9.14. The lowest BCUT2D eigenvalue weighted by atomic mass is 9.94. The molecule has 3 rings (SSSR count). The van der Waals surface area contributed by atoms with Crippen molar-refractivity contribution in [3.05, 3.63) is 33.1 Å². The Hall–Kier alpha value is -1.44. The summed E-state index contributed by atoms with van der Waals surface area (Å²) < 4.78 is 12.9. The van der Waals surface area contributed by atoms with Crippen LogP contribution in [0.2, 0.25) is 0 Å². The molecule has 3 atom stereocenters. The summed E-state index contributed by atoms with van der Waals surface area (Å²) >= 11 is 0. The largest absolute Gasteiger partial charge is 0.394 e. The third kappa shape index (κ3) is 2.03. The molecule has 1 spiro atoms. The summed E-state index contributed by atoms with van der Waals surface area (Å²) in [6.07, 6.45) is 2.70. The maximum absolute atomic E-state index is 11.9. The van der Waals surface area contributed by atoms with Crippen LogP contribution in [0.25, 0.3) is 0 Å². The van der Waals surface area contributed by atoms with E-state index in [1.54, 1.807) is 0 Å². The van der Waals surface area contributed by atoms with E-state index in [0.29, 0.717) is 13.0 Å². The van der Waals surface area contributed by atoms with Crippen LogP contribution in [-0.4, -0.2) is 39.6 Å². The maximum Gasteiger partial charge on any atom is 0.330 e. The summed E-state index contributed by atoms with van der Waals surface area (Å²) in [6, 6.07) is 1.28. The van der Waals surface area contributed by atoms with E-state index in [4.69, 9.17) is 9.47 Å². The molecule has 2 fully saturated rings. The highest BCUT2D eigenvalue weighted by Crippen LogP contribution is 2.46. The number of hydrogen-bond acceptors (Lipinski definition) is 5. The molecular formula is C12H16N2O5. The van der Waals surface area contributed by atoms with E-state index in [-0.39, 0.29) is 12.7 Å². The van der Waals surface area contributed by atoms with Crippen molar-refractivity contribution in [2.24, 2.45) is 0 Å². The van der Waals surface area contributed by atoms with Crippen molar-refractivity contribution in [3.63, 3.8) is 0 Å². The Bertz CT molecular complexity index is 572. The van der Waals surface area contributed by atoms with Gasteiger partial charge in [-0.3, -0.25) is 14.3 Å². The minimum atomic E-state index is -0.600. The Morgan fingerprint density at radius 2 is 2.37 bits per heavy atom. The summed E-state index contributed by atoms with van der Waals surface area (Å²) in [5, 5.41) is 9.26. The summed E-state index contributed by atoms with van der Waals surface area (Å²) in [7, 11) is 0. The molecule has 0 radical (unpaired) electrons. The Kier molecular flexibility index (Phi) is 3.04. The fourth-order valence-electron chi connectivity index (χ4n) is 2.95. The first-order valence-electron chi connectivity index (χ1n) is 6.36. The first-order valence-corrected chi connectivity index (χ1v) is 6.36. The molecule has 2 N–H and O–H groups in total. The van der Waals surface area contributed by atoms with Gasteiger partial charge in [0.25, 0.3) is 5.56 Å². The van der Waals surface area contributed by atoms with Crippen LogP contribution in [0.3, 0.4) is 0 Å². The van der Waals surface area contributed by atoms with Crippen molar-refractivity contribution < 1.29 is 14.6 Å².